The van der Waals surface area contributed by atoms with Crippen LogP contribution in [0.5, 0.6) is 5.75 Å². The third kappa shape index (κ3) is 5.61. The molecule has 0 saturated heterocycles. The number of carbonyl (C=O) groups excluding carboxylic acids is 1. The fourth-order valence-corrected chi connectivity index (χ4v) is 1.46. The van der Waals surface area contributed by atoms with Gasteiger partial charge in [0.2, 0.25) is 0 Å². The summed E-state index contributed by atoms with van der Waals surface area (Å²) in [5, 5.41) is 12.5. The number of hydrogen-bond acceptors (Lipinski definition) is 4. The Balaban J connectivity index is 2.51. The zero-order chi connectivity index (χ0) is 14.5. The lowest BCUT2D eigenvalue weighted by atomic mass is 10.1. The first-order valence-corrected chi connectivity index (χ1v) is 6.10. The van der Waals surface area contributed by atoms with E-state index in [1.54, 1.807) is 52.1 Å². The number of nitrogens with one attached hydrogen (secondary N) is 1. The Morgan fingerprint density at radius 2 is 2.11 bits per heavy atom. The normalized spacial score (nSPS) is 12.7. The summed E-state index contributed by atoms with van der Waals surface area (Å²) in [6.45, 7) is 5.43. The Labute approximate surface area is 113 Å². The third-order valence-electron chi connectivity index (χ3n) is 2.32. The smallest absolute Gasteiger partial charge is 0.407 e. The number of alkyl carbamates (subject to hydrolysis) is 1. The highest BCUT2D eigenvalue weighted by Gasteiger charge is 2.17. The van der Waals surface area contributed by atoms with Crippen molar-refractivity contribution in [1.82, 2.24) is 5.32 Å². The molecule has 0 aliphatic rings. The summed E-state index contributed by atoms with van der Waals surface area (Å²) in [4.78, 5) is 11.4. The number of ether oxygens (including phenoxy) is 2. The van der Waals surface area contributed by atoms with Crippen LogP contribution < -0.4 is 10.1 Å². The van der Waals surface area contributed by atoms with E-state index in [1.165, 1.54) is 0 Å². The molecular formula is C14H21NO4. The molecule has 106 valence electrons. The number of benzene rings is 1. The molecular weight excluding hydrogens is 246 g/mol. The van der Waals surface area contributed by atoms with Crippen LogP contribution in [0.4, 0.5) is 4.79 Å². The first-order valence-electron chi connectivity index (χ1n) is 6.10. The average molecular weight is 267 g/mol. The number of rotatable bonds is 4. The number of amides is 1. The summed E-state index contributed by atoms with van der Waals surface area (Å²) >= 11 is 0. The molecule has 0 bridgehead atoms. The quantitative estimate of drug-likeness (QED) is 0.878. The monoisotopic (exact) mass is 267 g/mol. The van der Waals surface area contributed by atoms with Gasteiger partial charge in [-0.05, 0) is 38.5 Å². The van der Waals surface area contributed by atoms with E-state index in [4.69, 9.17) is 9.47 Å². The SMILES string of the molecule is COc1cccc([C@H](O)CNC(=O)OC(C)(C)C)c1. The molecule has 0 radical (unpaired) electrons. The summed E-state index contributed by atoms with van der Waals surface area (Å²) in [5.41, 5.74) is 0.126. The summed E-state index contributed by atoms with van der Waals surface area (Å²) in [6.07, 6.45) is -1.35. The lowest BCUT2D eigenvalue weighted by molar-refractivity contribution is 0.0492. The molecule has 0 aliphatic heterocycles. The first kappa shape index (κ1) is 15.3. The van der Waals surface area contributed by atoms with Gasteiger partial charge in [0.05, 0.1) is 19.8 Å². The standard InChI is InChI=1S/C14H21NO4/c1-14(2,3)19-13(17)15-9-12(16)10-6-5-7-11(8-10)18-4/h5-8,12,16H,9H2,1-4H3,(H,15,17)/t12-/m1/s1. The van der Waals surface area contributed by atoms with E-state index in [-0.39, 0.29) is 6.54 Å². The van der Waals surface area contributed by atoms with Gasteiger partial charge in [-0.25, -0.2) is 4.79 Å². The number of hydrogen-bond donors (Lipinski definition) is 2. The second-order valence-electron chi connectivity index (χ2n) is 5.18. The van der Waals surface area contributed by atoms with Crippen LogP contribution in [0, 0.1) is 0 Å². The van der Waals surface area contributed by atoms with Crippen LogP contribution in [0.15, 0.2) is 24.3 Å². The van der Waals surface area contributed by atoms with E-state index in [0.29, 0.717) is 11.3 Å². The molecule has 1 aromatic rings. The molecule has 1 atom stereocenters. The molecule has 5 nitrogen and oxygen atoms in total. The molecule has 0 fully saturated rings. The van der Waals surface area contributed by atoms with Crippen LogP contribution >= 0.6 is 0 Å². The molecule has 2 N–H and O–H groups in total. The Hall–Kier alpha value is -1.75. The molecule has 0 spiro atoms. The number of aliphatic hydroxyl groups excluding tert-OH is 1. The van der Waals surface area contributed by atoms with Gasteiger partial charge in [-0.3, -0.25) is 0 Å². The van der Waals surface area contributed by atoms with E-state index in [2.05, 4.69) is 5.32 Å². The lowest BCUT2D eigenvalue weighted by Crippen LogP contribution is -2.34. The lowest BCUT2D eigenvalue weighted by Gasteiger charge is -2.20. The van der Waals surface area contributed by atoms with Crippen LogP contribution in [0.25, 0.3) is 0 Å². The molecule has 5 heteroatoms. The van der Waals surface area contributed by atoms with Crippen molar-refractivity contribution in [3.05, 3.63) is 29.8 Å². The Kier molecular flexibility index (Phi) is 5.18. The van der Waals surface area contributed by atoms with Crippen molar-refractivity contribution in [1.29, 1.82) is 0 Å². The van der Waals surface area contributed by atoms with Crippen LogP contribution in [0.3, 0.4) is 0 Å². The first-order chi connectivity index (χ1) is 8.81. The summed E-state index contributed by atoms with van der Waals surface area (Å²) in [5.74, 6) is 0.661. The van der Waals surface area contributed by atoms with Crippen LogP contribution in [0.1, 0.15) is 32.4 Å². The highest BCUT2D eigenvalue weighted by atomic mass is 16.6. The fraction of sp³-hybridized carbons (Fsp3) is 0.500. The minimum atomic E-state index is -0.803. The third-order valence-corrected chi connectivity index (χ3v) is 2.32. The van der Waals surface area contributed by atoms with Gasteiger partial charge in [0.15, 0.2) is 0 Å². The maximum Gasteiger partial charge on any atom is 0.407 e. The zero-order valence-corrected chi connectivity index (χ0v) is 11.8. The van der Waals surface area contributed by atoms with E-state index >= 15 is 0 Å². The number of aliphatic hydroxyl groups is 1. The second kappa shape index (κ2) is 6.43. The van der Waals surface area contributed by atoms with Gasteiger partial charge in [-0.2, -0.15) is 0 Å². The average Bonchev–Trinajstić information content (AvgIpc) is 2.34. The molecule has 0 aromatic heterocycles. The molecule has 0 aliphatic carbocycles. The van der Waals surface area contributed by atoms with E-state index in [1.807, 2.05) is 0 Å². The van der Waals surface area contributed by atoms with Crippen molar-refractivity contribution < 1.29 is 19.4 Å². The maximum absolute atomic E-state index is 11.4. The number of methoxy groups -OCH3 is 1. The van der Waals surface area contributed by atoms with E-state index < -0.39 is 17.8 Å². The molecule has 1 rings (SSSR count). The van der Waals surface area contributed by atoms with Gasteiger partial charge in [-0.15, -0.1) is 0 Å². The van der Waals surface area contributed by atoms with Gasteiger partial charge < -0.3 is 19.9 Å². The minimum Gasteiger partial charge on any atom is -0.497 e. The molecule has 19 heavy (non-hydrogen) atoms. The fourth-order valence-electron chi connectivity index (χ4n) is 1.46. The predicted octanol–water partition coefficient (Wildman–Crippen LogP) is 2.25. The predicted molar refractivity (Wildman–Crippen MR) is 72.2 cm³/mol. The van der Waals surface area contributed by atoms with Crippen molar-refractivity contribution in [2.24, 2.45) is 0 Å². The molecule has 0 heterocycles. The van der Waals surface area contributed by atoms with Crippen molar-refractivity contribution in [3.8, 4) is 5.75 Å². The summed E-state index contributed by atoms with van der Waals surface area (Å²) in [7, 11) is 1.56. The Bertz CT molecular complexity index is 426. The van der Waals surface area contributed by atoms with Crippen molar-refractivity contribution in [2.45, 2.75) is 32.5 Å². The van der Waals surface area contributed by atoms with E-state index in [0.717, 1.165) is 0 Å². The largest absolute Gasteiger partial charge is 0.497 e. The number of carbonyl (C=O) groups is 1. The molecule has 1 aromatic carbocycles. The highest BCUT2D eigenvalue weighted by molar-refractivity contribution is 5.67. The molecule has 0 unspecified atom stereocenters. The Morgan fingerprint density at radius 3 is 2.68 bits per heavy atom. The second-order valence-corrected chi connectivity index (χ2v) is 5.18. The summed E-state index contributed by atoms with van der Waals surface area (Å²) < 4.78 is 10.2. The van der Waals surface area contributed by atoms with Crippen molar-refractivity contribution in [3.63, 3.8) is 0 Å². The summed E-state index contributed by atoms with van der Waals surface area (Å²) in [6, 6.07) is 7.06. The maximum atomic E-state index is 11.4. The van der Waals surface area contributed by atoms with Gasteiger partial charge in [-0.1, -0.05) is 12.1 Å². The minimum absolute atomic E-state index is 0.0854. The van der Waals surface area contributed by atoms with Crippen LogP contribution in [-0.2, 0) is 4.74 Å². The highest BCUT2D eigenvalue weighted by Crippen LogP contribution is 2.18. The van der Waals surface area contributed by atoms with Crippen molar-refractivity contribution >= 4 is 6.09 Å². The van der Waals surface area contributed by atoms with Crippen molar-refractivity contribution in [2.75, 3.05) is 13.7 Å². The van der Waals surface area contributed by atoms with Gasteiger partial charge in [0.25, 0.3) is 0 Å². The van der Waals surface area contributed by atoms with E-state index in [9.17, 15) is 9.90 Å². The van der Waals surface area contributed by atoms with Crippen LogP contribution in [0.2, 0.25) is 0 Å². The van der Waals surface area contributed by atoms with Gasteiger partial charge in [0.1, 0.15) is 11.4 Å². The molecule has 0 saturated carbocycles. The zero-order valence-electron chi connectivity index (χ0n) is 11.8. The molecule has 1 amide bonds. The van der Waals surface area contributed by atoms with Gasteiger partial charge in [0, 0.05) is 0 Å². The van der Waals surface area contributed by atoms with Gasteiger partial charge >= 0.3 is 6.09 Å². The topological polar surface area (TPSA) is 67.8 Å². The van der Waals surface area contributed by atoms with Crippen LogP contribution in [-0.4, -0.2) is 30.5 Å². The Morgan fingerprint density at radius 1 is 1.42 bits per heavy atom.